The minimum atomic E-state index is -1.99. The lowest BCUT2D eigenvalue weighted by atomic mass is 10.1. The van der Waals surface area contributed by atoms with Crippen molar-refractivity contribution < 1.29 is 22.3 Å². The molecule has 1 rings (SSSR count). The van der Waals surface area contributed by atoms with E-state index in [1.54, 1.807) is 0 Å². The zero-order chi connectivity index (χ0) is 5.98. The second-order valence-corrected chi connectivity index (χ2v) is 1.14. The van der Waals surface area contributed by atoms with Crippen LogP contribution in [-0.2, 0) is 13.7 Å². The molecule has 1 aliphatic rings. The van der Waals surface area contributed by atoms with Crippen molar-refractivity contribution in [2.75, 3.05) is 0 Å². The van der Waals surface area contributed by atoms with E-state index in [1.807, 2.05) is 0 Å². The summed E-state index contributed by atoms with van der Waals surface area (Å²) in [4.78, 5) is 0. The monoisotopic (exact) mass is 120 g/mol. The molecule has 0 atom stereocenters. The summed E-state index contributed by atoms with van der Waals surface area (Å²) in [6, 6.07) is 0. The largest absolute Gasteiger partial charge is 0.654 e. The third kappa shape index (κ3) is 1.46. The normalized spacial score (nSPS) is 20.8. The van der Waals surface area contributed by atoms with Gasteiger partial charge in [0.2, 0.25) is 0 Å². The van der Waals surface area contributed by atoms with Gasteiger partial charge in [-0.2, -0.15) is 0 Å². The van der Waals surface area contributed by atoms with E-state index in [1.165, 1.54) is 0 Å². The number of halogens is 2. The topological polar surface area (TPSA) is 27.7 Å². The number of rotatable bonds is 0. The molecule has 0 aliphatic carbocycles. The number of hydrogen-bond acceptors (Lipinski definition) is 3. The highest BCUT2D eigenvalue weighted by atomic mass is 19.1. The van der Waals surface area contributed by atoms with Crippen molar-refractivity contribution in [2.24, 2.45) is 0 Å². The van der Waals surface area contributed by atoms with Gasteiger partial charge in [0.25, 0.3) is 0 Å². The molecule has 0 aromatic rings. The van der Waals surface area contributed by atoms with Gasteiger partial charge in [-0.25, -0.2) is 0 Å². The maximum atomic E-state index is 11.7. The van der Waals surface area contributed by atoms with Crippen LogP contribution in [0.15, 0.2) is 0 Å². The lowest BCUT2D eigenvalue weighted by molar-refractivity contribution is 0.234. The molecule has 0 spiro atoms. The lowest BCUT2D eigenvalue weighted by Gasteiger charge is -2.13. The van der Waals surface area contributed by atoms with Gasteiger partial charge in [0.05, 0.1) is 0 Å². The minimum Gasteiger partial charge on any atom is -0.426 e. The molecule has 0 N–H and O–H groups in total. The average molecular weight is 119 g/mol. The Labute approximate surface area is 46.0 Å². The summed E-state index contributed by atoms with van der Waals surface area (Å²) >= 11 is 0. The smallest absolute Gasteiger partial charge is 0.426 e. The maximum Gasteiger partial charge on any atom is 0.654 e. The Kier molecular flexibility index (Phi) is 1.87. The zero-order valence-corrected chi connectivity index (χ0v) is 3.84. The Morgan fingerprint density at radius 2 is 1.62 bits per heavy atom. The highest BCUT2D eigenvalue weighted by Gasteiger charge is 2.35. The van der Waals surface area contributed by atoms with E-state index in [9.17, 15) is 8.63 Å². The van der Waals surface area contributed by atoms with E-state index >= 15 is 0 Å². The van der Waals surface area contributed by atoms with Crippen LogP contribution in [0.1, 0.15) is 0 Å². The van der Waals surface area contributed by atoms with E-state index in [0.717, 1.165) is 0 Å². The van der Waals surface area contributed by atoms with Crippen LogP contribution in [-0.4, -0.2) is 22.5 Å². The van der Waals surface area contributed by atoms with Gasteiger partial charge in [-0.3, -0.25) is 8.63 Å². The van der Waals surface area contributed by atoms with E-state index in [0.29, 0.717) is 0 Å². The lowest BCUT2D eigenvalue weighted by Crippen LogP contribution is -2.37. The summed E-state index contributed by atoms with van der Waals surface area (Å²) in [5, 5.41) is 0. The van der Waals surface area contributed by atoms with Crippen molar-refractivity contribution in [2.45, 2.75) is 0 Å². The molecule has 0 bridgehead atoms. The van der Waals surface area contributed by atoms with Gasteiger partial charge < -0.3 is 13.7 Å². The van der Waals surface area contributed by atoms with Crippen LogP contribution in [0.25, 0.3) is 0 Å². The van der Waals surface area contributed by atoms with Crippen LogP contribution >= 0.6 is 0 Å². The fourth-order valence-electron chi connectivity index (χ4n) is 0.309. The third-order valence-electron chi connectivity index (χ3n) is 0.612. The molecule has 1 aliphatic heterocycles. The van der Waals surface area contributed by atoms with Gasteiger partial charge in [-0.15, -0.1) is 0 Å². The Bertz CT molecular complexity index is 70.9. The van der Waals surface area contributed by atoms with Gasteiger partial charge in [0, 0.05) is 0 Å². The van der Waals surface area contributed by atoms with Crippen LogP contribution < -0.4 is 0 Å². The molecule has 0 aromatic heterocycles. The molecular weight excluding hydrogens is 118 g/mol. The zero-order valence-electron chi connectivity index (χ0n) is 3.84. The first-order chi connectivity index (χ1) is 3.79. The van der Waals surface area contributed by atoms with Crippen LogP contribution in [0.3, 0.4) is 0 Å². The van der Waals surface area contributed by atoms with Crippen LogP contribution in [0, 0.1) is 0 Å². The SMILES string of the molecule is FB1OBOB(F)O1. The van der Waals surface area contributed by atoms with E-state index in [-0.39, 0.29) is 0 Å². The maximum absolute atomic E-state index is 11.7. The molecular formula is HB3F2O3. The van der Waals surface area contributed by atoms with Crippen molar-refractivity contribution in [1.29, 1.82) is 0 Å². The fourth-order valence-corrected chi connectivity index (χ4v) is 0.309. The molecule has 1 heterocycles. The molecule has 3 nitrogen and oxygen atoms in total. The predicted octanol–water partition coefficient (Wildman–Crippen LogP) is -0.775. The van der Waals surface area contributed by atoms with Crippen molar-refractivity contribution in [3.05, 3.63) is 0 Å². The highest BCUT2D eigenvalue weighted by Crippen LogP contribution is 2.02. The van der Waals surface area contributed by atoms with Gasteiger partial charge in [0.1, 0.15) is 0 Å². The summed E-state index contributed by atoms with van der Waals surface area (Å²) in [6.45, 7) is 0. The summed E-state index contributed by atoms with van der Waals surface area (Å²) in [7, 11) is -4.38. The van der Waals surface area contributed by atoms with Crippen LogP contribution in [0.4, 0.5) is 8.63 Å². The number of hydrogen-bond donors (Lipinski definition) is 0. The molecule has 0 saturated carbocycles. The van der Waals surface area contributed by atoms with Crippen molar-refractivity contribution in [3.63, 3.8) is 0 Å². The molecule has 1 fully saturated rings. The quantitative estimate of drug-likeness (QED) is 0.392. The van der Waals surface area contributed by atoms with Crippen LogP contribution in [0.5, 0.6) is 0 Å². The van der Waals surface area contributed by atoms with Gasteiger partial charge >= 0.3 is 22.5 Å². The molecule has 0 amide bonds. The van der Waals surface area contributed by atoms with E-state index < -0.39 is 22.5 Å². The molecule has 42 valence electrons. The Morgan fingerprint density at radius 1 is 1.12 bits per heavy atom. The second-order valence-electron chi connectivity index (χ2n) is 1.14. The summed E-state index contributed by atoms with van der Waals surface area (Å²) in [5.74, 6) is 0. The first kappa shape index (κ1) is 6.06. The average Bonchev–Trinajstić information content (AvgIpc) is 1.64. The van der Waals surface area contributed by atoms with Gasteiger partial charge in [-0.1, -0.05) is 0 Å². The fraction of sp³-hybridized carbons (Fsp3) is 0. The van der Waals surface area contributed by atoms with Crippen molar-refractivity contribution in [3.8, 4) is 0 Å². The van der Waals surface area contributed by atoms with Crippen LogP contribution in [0.2, 0.25) is 0 Å². The second kappa shape index (κ2) is 2.47. The van der Waals surface area contributed by atoms with E-state index in [4.69, 9.17) is 0 Å². The standard InChI is InChI=1S/B3F2HO3/c4-2-6-1-7-3(5)8-2/h1H. The minimum absolute atomic E-state index is 0.400. The first-order valence-electron chi connectivity index (χ1n) is 1.96. The first-order valence-corrected chi connectivity index (χ1v) is 1.96. The molecule has 0 radical (unpaired) electrons. The van der Waals surface area contributed by atoms with Crippen molar-refractivity contribution in [1.82, 2.24) is 0 Å². The van der Waals surface area contributed by atoms with Crippen molar-refractivity contribution >= 4 is 22.5 Å². The van der Waals surface area contributed by atoms with E-state index in [2.05, 4.69) is 13.7 Å². The van der Waals surface area contributed by atoms with Gasteiger partial charge in [0.15, 0.2) is 0 Å². The third-order valence-corrected chi connectivity index (χ3v) is 0.612. The Balaban J connectivity index is 2.23. The highest BCUT2D eigenvalue weighted by molar-refractivity contribution is 6.61. The predicted molar refractivity (Wildman–Crippen MR) is 24.1 cm³/mol. The molecule has 8 heteroatoms. The summed E-state index contributed by atoms with van der Waals surface area (Å²) in [5.41, 5.74) is 0. The molecule has 8 heavy (non-hydrogen) atoms. The molecule has 1 saturated heterocycles. The summed E-state index contributed by atoms with van der Waals surface area (Å²) in [6.07, 6.45) is 0. The molecule has 0 aromatic carbocycles. The van der Waals surface area contributed by atoms with Gasteiger partial charge in [-0.05, 0) is 0 Å². The Morgan fingerprint density at radius 3 is 1.88 bits per heavy atom. The Hall–Kier alpha value is -0.0652. The molecule has 0 unspecified atom stereocenters. The summed E-state index contributed by atoms with van der Waals surface area (Å²) < 4.78 is 35.0.